The molecule has 4 amide bonds. The van der Waals surface area contributed by atoms with Crippen LogP contribution in [-0.4, -0.2) is 31.6 Å². The summed E-state index contributed by atoms with van der Waals surface area (Å²) in [6.45, 7) is 3.76. The largest absolute Gasteiger partial charge is 0.493 e. The van der Waals surface area contributed by atoms with Gasteiger partial charge in [-0.15, -0.1) is 6.42 Å². The molecule has 0 spiro atoms. The van der Waals surface area contributed by atoms with Crippen molar-refractivity contribution in [2.45, 2.75) is 13.8 Å². The van der Waals surface area contributed by atoms with Gasteiger partial charge in [-0.1, -0.05) is 24.1 Å². The standard InChI is InChI=1S/C23H20N2O5/c1-5-11-30-19-10-9-16(13-20(19)29-4)12-17-21(26)24-23(28)25(22(17)27)18-8-6-7-14(2)15(18)3/h1,6-10,12-13H,11H2,2-4H3,(H,24,26,28)/b17-12+. The molecule has 1 heterocycles. The molecular formula is C23H20N2O5. The zero-order chi connectivity index (χ0) is 21.8. The molecule has 0 bridgehead atoms. The molecule has 0 aliphatic carbocycles. The molecule has 0 atom stereocenters. The highest BCUT2D eigenvalue weighted by Crippen LogP contribution is 2.30. The van der Waals surface area contributed by atoms with Crippen LogP contribution in [0.3, 0.4) is 0 Å². The molecular weight excluding hydrogens is 384 g/mol. The average molecular weight is 404 g/mol. The minimum atomic E-state index is -0.786. The molecule has 1 fully saturated rings. The van der Waals surface area contributed by atoms with Crippen LogP contribution in [0.1, 0.15) is 16.7 Å². The number of nitrogens with zero attached hydrogens (tertiary/aromatic N) is 1. The molecule has 7 nitrogen and oxygen atoms in total. The number of hydrogen-bond acceptors (Lipinski definition) is 5. The molecule has 0 unspecified atom stereocenters. The third-order valence-corrected chi connectivity index (χ3v) is 4.73. The Morgan fingerprint density at radius 1 is 1.13 bits per heavy atom. The number of amides is 4. The number of rotatable bonds is 5. The van der Waals surface area contributed by atoms with E-state index < -0.39 is 17.8 Å². The van der Waals surface area contributed by atoms with Gasteiger partial charge in [0.05, 0.1) is 12.8 Å². The molecule has 30 heavy (non-hydrogen) atoms. The predicted molar refractivity (Wildman–Crippen MR) is 112 cm³/mol. The zero-order valence-corrected chi connectivity index (χ0v) is 16.8. The first kappa shape index (κ1) is 20.7. The van der Waals surface area contributed by atoms with Gasteiger partial charge >= 0.3 is 6.03 Å². The Balaban J connectivity index is 2.01. The number of methoxy groups -OCH3 is 1. The molecule has 0 radical (unpaired) electrons. The topological polar surface area (TPSA) is 84.9 Å². The maximum Gasteiger partial charge on any atom is 0.335 e. The summed E-state index contributed by atoms with van der Waals surface area (Å²) in [5.74, 6) is 1.73. The predicted octanol–water partition coefficient (Wildman–Crippen LogP) is 2.99. The highest BCUT2D eigenvalue weighted by atomic mass is 16.5. The van der Waals surface area contributed by atoms with Crippen LogP contribution in [0.2, 0.25) is 0 Å². The van der Waals surface area contributed by atoms with Crippen LogP contribution in [0.25, 0.3) is 6.08 Å². The number of ether oxygens (including phenoxy) is 2. The smallest absolute Gasteiger partial charge is 0.335 e. The van der Waals surface area contributed by atoms with Crippen molar-refractivity contribution in [3.63, 3.8) is 0 Å². The van der Waals surface area contributed by atoms with Gasteiger partial charge in [0.1, 0.15) is 12.2 Å². The van der Waals surface area contributed by atoms with Crippen LogP contribution in [-0.2, 0) is 9.59 Å². The normalized spacial score (nSPS) is 15.1. The van der Waals surface area contributed by atoms with E-state index in [1.54, 1.807) is 30.3 Å². The maximum atomic E-state index is 13.1. The van der Waals surface area contributed by atoms with E-state index >= 15 is 0 Å². The second kappa shape index (κ2) is 8.53. The van der Waals surface area contributed by atoms with Crippen molar-refractivity contribution >= 4 is 29.6 Å². The van der Waals surface area contributed by atoms with Gasteiger partial charge in [-0.2, -0.15) is 0 Å². The average Bonchev–Trinajstić information content (AvgIpc) is 2.72. The van der Waals surface area contributed by atoms with Crippen LogP contribution in [0.15, 0.2) is 42.0 Å². The molecule has 2 aromatic carbocycles. The van der Waals surface area contributed by atoms with E-state index in [1.807, 2.05) is 19.9 Å². The number of carbonyl (C=O) groups is 3. The highest BCUT2D eigenvalue weighted by Gasteiger charge is 2.37. The molecule has 7 heteroatoms. The highest BCUT2D eigenvalue weighted by molar-refractivity contribution is 6.39. The second-order valence-electron chi connectivity index (χ2n) is 6.58. The molecule has 1 aliphatic heterocycles. The van der Waals surface area contributed by atoms with Gasteiger partial charge in [-0.25, -0.2) is 9.69 Å². The molecule has 1 aliphatic rings. The van der Waals surface area contributed by atoms with Gasteiger partial charge in [-0.05, 0) is 54.8 Å². The SMILES string of the molecule is C#CCOc1ccc(/C=C2\C(=O)NC(=O)N(c3cccc(C)c3C)C2=O)cc1OC. The van der Waals surface area contributed by atoms with Gasteiger partial charge in [0, 0.05) is 0 Å². The fourth-order valence-electron chi connectivity index (χ4n) is 3.03. The quantitative estimate of drug-likeness (QED) is 0.471. The first-order chi connectivity index (χ1) is 14.4. The monoisotopic (exact) mass is 404 g/mol. The first-order valence-corrected chi connectivity index (χ1v) is 9.09. The van der Waals surface area contributed by atoms with E-state index in [1.165, 1.54) is 13.2 Å². The maximum absolute atomic E-state index is 13.1. The lowest BCUT2D eigenvalue weighted by atomic mass is 10.0. The van der Waals surface area contributed by atoms with Crippen molar-refractivity contribution in [2.24, 2.45) is 0 Å². The summed E-state index contributed by atoms with van der Waals surface area (Å²) in [6.07, 6.45) is 6.60. The van der Waals surface area contributed by atoms with Crippen LogP contribution in [0, 0.1) is 26.2 Å². The minimum absolute atomic E-state index is 0.0740. The summed E-state index contributed by atoms with van der Waals surface area (Å²) in [7, 11) is 1.47. The Bertz CT molecular complexity index is 1110. The summed E-state index contributed by atoms with van der Waals surface area (Å²) < 4.78 is 10.7. The molecule has 3 rings (SSSR count). The lowest BCUT2D eigenvalue weighted by Crippen LogP contribution is -2.54. The van der Waals surface area contributed by atoms with Gasteiger partial charge in [-0.3, -0.25) is 14.9 Å². The number of anilines is 1. The van der Waals surface area contributed by atoms with Crippen LogP contribution >= 0.6 is 0 Å². The van der Waals surface area contributed by atoms with Crippen molar-refractivity contribution in [3.8, 4) is 23.8 Å². The van der Waals surface area contributed by atoms with Crippen LogP contribution in [0.5, 0.6) is 11.5 Å². The summed E-state index contributed by atoms with van der Waals surface area (Å²) in [4.78, 5) is 38.8. The molecule has 2 aromatic rings. The number of imide groups is 2. The first-order valence-electron chi connectivity index (χ1n) is 9.09. The number of urea groups is 1. The van der Waals surface area contributed by atoms with Gasteiger partial charge in [0.2, 0.25) is 0 Å². The second-order valence-corrected chi connectivity index (χ2v) is 6.58. The van der Waals surface area contributed by atoms with Crippen molar-refractivity contribution in [1.82, 2.24) is 5.32 Å². The Morgan fingerprint density at radius 2 is 1.90 bits per heavy atom. The molecule has 1 N–H and O–H groups in total. The van der Waals surface area contributed by atoms with E-state index in [0.717, 1.165) is 16.0 Å². The fraction of sp³-hybridized carbons (Fsp3) is 0.174. The third-order valence-electron chi connectivity index (χ3n) is 4.73. The summed E-state index contributed by atoms with van der Waals surface area (Å²) in [6, 6.07) is 9.39. The van der Waals surface area contributed by atoms with Gasteiger partial charge < -0.3 is 9.47 Å². The van der Waals surface area contributed by atoms with Crippen molar-refractivity contribution in [2.75, 3.05) is 18.6 Å². The third kappa shape index (κ3) is 3.89. The minimum Gasteiger partial charge on any atom is -0.493 e. The summed E-state index contributed by atoms with van der Waals surface area (Å²) >= 11 is 0. The summed E-state index contributed by atoms with van der Waals surface area (Å²) in [5, 5.41) is 2.22. The number of terminal acetylenes is 1. The van der Waals surface area contributed by atoms with Gasteiger partial charge in [0.15, 0.2) is 11.5 Å². The van der Waals surface area contributed by atoms with Crippen LogP contribution < -0.4 is 19.7 Å². The number of benzene rings is 2. The molecule has 0 saturated carbocycles. The van der Waals surface area contributed by atoms with E-state index in [0.29, 0.717) is 22.7 Å². The van der Waals surface area contributed by atoms with Crippen molar-refractivity contribution in [1.29, 1.82) is 0 Å². The fourth-order valence-corrected chi connectivity index (χ4v) is 3.03. The Morgan fingerprint density at radius 3 is 2.60 bits per heavy atom. The number of aryl methyl sites for hydroxylation is 1. The molecule has 1 saturated heterocycles. The van der Waals surface area contributed by atoms with E-state index in [2.05, 4.69) is 11.2 Å². The van der Waals surface area contributed by atoms with Crippen LogP contribution in [0.4, 0.5) is 10.5 Å². The lowest BCUT2D eigenvalue weighted by Gasteiger charge is -2.28. The molecule has 0 aromatic heterocycles. The van der Waals surface area contributed by atoms with E-state index in [-0.39, 0.29) is 12.2 Å². The Labute approximate surface area is 174 Å². The lowest BCUT2D eigenvalue weighted by molar-refractivity contribution is -0.122. The molecule has 152 valence electrons. The Kier molecular flexibility index (Phi) is 5.88. The van der Waals surface area contributed by atoms with Crippen molar-refractivity contribution < 1.29 is 23.9 Å². The van der Waals surface area contributed by atoms with Gasteiger partial charge in [0.25, 0.3) is 11.8 Å². The van der Waals surface area contributed by atoms with E-state index in [4.69, 9.17) is 15.9 Å². The number of nitrogens with one attached hydrogen (secondary N) is 1. The summed E-state index contributed by atoms with van der Waals surface area (Å²) in [5.41, 5.74) is 2.46. The number of hydrogen-bond donors (Lipinski definition) is 1. The van der Waals surface area contributed by atoms with E-state index in [9.17, 15) is 14.4 Å². The Hall–Kier alpha value is -4.05. The number of barbiturate groups is 1. The number of carbonyl (C=O) groups excluding carboxylic acids is 3. The zero-order valence-electron chi connectivity index (χ0n) is 16.8. The van der Waals surface area contributed by atoms with Crippen molar-refractivity contribution in [3.05, 3.63) is 58.7 Å².